The molecule has 0 saturated heterocycles. The van der Waals surface area contributed by atoms with Crippen molar-refractivity contribution in [1.82, 2.24) is 5.32 Å². The van der Waals surface area contributed by atoms with Crippen LogP contribution >= 0.6 is 0 Å². The Morgan fingerprint density at radius 1 is 1.40 bits per heavy atom. The van der Waals surface area contributed by atoms with Crippen molar-refractivity contribution in [3.8, 4) is 0 Å². The van der Waals surface area contributed by atoms with E-state index in [4.69, 9.17) is 4.74 Å². The summed E-state index contributed by atoms with van der Waals surface area (Å²) in [6.07, 6.45) is 0.871. The number of amides is 1. The number of hydrogen-bond acceptors (Lipinski definition) is 5. The lowest BCUT2D eigenvalue weighted by molar-refractivity contribution is -0.385. The second-order valence-corrected chi connectivity index (χ2v) is 4.60. The molecule has 1 atom stereocenters. The van der Waals surface area contributed by atoms with Crippen molar-refractivity contribution in [3.63, 3.8) is 0 Å². The number of rotatable bonds is 5. The van der Waals surface area contributed by atoms with Crippen LogP contribution < -0.4 is 5.32 Å². The van der Waals surface area contributed by atoms with Crippen LogP contribution in [0.4, 0.5) is 5.69 Å². The number of benzene rings is 1. The standard InChI is InChI=1S/C13H14N2O5/c1-8(12(16)14-9-6-7-9)20-13(17)10-4-2-3-5-11(10)15(18)19/h2-5,8-9H,6-7H2,1H3,(H,14,16). The van der Waals surface area contributed by atoms with E-state index >= 15 is 0 Å². The number of esters is 1. The van der Waals surface area contributed by atoms with Crippen LogP contribution in [0.5, 0.6) is 0 Å². The molecule has 0 aliphatic heterocycles. The van der Waals surface area contributed by atoms with Crippen molar-refractivity contribution in [2.24, 2.45) is 0 Å². The summed E-state index contributed by atoms with van der Waals surface area (Å²) in [6.45, 7) is 1.43. The average Bonchev–Trinajstić information content (AvgIpc) is 3.22. The minimum absolute atomic E-state index is 0.162. The van der Waals surface area contributed by atoms with E-state index in [9.17, 15) is 19.7 Å². The summed E-state index contributed by atoms with van der Waals surface area (Å²) < 4.78 is 4.96. The molecule has 0 spiro atoms. The predicted molar refractivity (Wildman–Crippen MR) is 69.1 cm³/mol. The van der Waals surface area contributed by atoms with Crippen molar-refractivity contribution >= 4 is 17.6 Å². The van der Waals surface area contributed by atoms with E-state index in [0.29, 0.717) is 0 Å². The van der Waals surface area contributed by atoms with Crippen molar-refractivity contribution < 1.29 is 19.2 Å². The summed E-state index contributed by atoms with van der Waals surface area (Å²) in [4.78, 5) is 33.7. The summed E-state index contributed by atoms with van der Waals surface area (Å²) >= 11 is 0. The number of nitro benzene ring substituents is 1. The minimum Gasteiger partial charge on any atom is -0.449 e. The SMILES string of the molecule is CC(OC(=O)c1ccccc1[N+](=O)[O-])C(=O)NC1CC1. The summed E-state index contributed by atoms with van der Waals surface area (Å²) in [6, 6.07) is 5.63. The summed E-state index contributed by atoms with van der Waals surface area (Å²) in [5, 5.41) is 13.5. The fraction of sp³-hybridized carbons (Fsp3) is 0.385. The van der Waals surface area contributed by atoms with Crippen molar-refractivity contribution in [2.45, 2.75) is 31.9 Å². The fourth-order valence-electron chi connectivity index (χ4n) is 1.63. The highest BCUT2D eigenvalue weighted by Crippen LogP contribution is 2.20. The van der Waals surface area contributed by atoms with E-state index in [1.165, 1.54) is 31.2 Å². The second kappa shape index (κ2) is 5.68. The summed E-state index contributed by atoms with van der Waals surface area (Å²) in [5.74, 6) is -1.27. The Hall–Kier alpha value is -2.44. The smallest absolute Gasteiger partial charge is 0.345 e. The van der Waals surface area contributed by atoms with Gasteiger partial charge in [-0.25, -0.2) is 4.79 Å². The molecule has 1 aromatic rings. The largest absolute Gasteiger partial charge is 0.449 e. The molecule has 20 heavy (non-hydrogen) atoms. The van der Waals surface area contributed by atoms with Crippen LogP contribution in [0.25, 0.3) is 0 Å². The molecule has 1 aliphatic carbocycles. The van der Waals surface area contributed by atoms with Gasteiger partial charge in [0.15, 0.2) is 6.10 Å². The first kappa shape index (κ1) is 14.0. The molecule has 0 heterocycles. The molecular weight excluding hydrogens is 264 g/mol. The van der Waals surface area contributed by atoms with Gasteiger partial charge in [-0.15, -0.1) is 0 Å². The maximum Gasteiger partial charge on any atom is 0.345 e. The van der Waals surface area contributed by atoms with E-state index in [0.717, 1.165) is 12.8 Å². The fourth-order valence-corrected chi connectivity index (χ4v) is 1.63. The first-order valence-electron chi connectivity index (χ1n) is 6.24. The maximum atomic E-state index is 11.9. The molecule has 2 rings (SSSR count). The third-order valence-corrected chi connectivity index (χ3v) is 2.90. The molecule has 0 bridgehead atoms. The number of nitro groups is 1. The van der Waals surface area contributed by atoms with Gasteiger partial charge in [0.1, 0.15) is 5.56 Å². The van der Waals surface area contributed by atoms with E-state index in [1.54, 1.807) is 0 Å². The van der Waals surface area contributed by atoms with E-state index < -0.39 is 17.0 Å². The zero-order valence-corrected chi connectivity index (χ0v) is 10.9. The van der Waals surface area contributed by atoms with Gasteiger partial charge in [0.05, 0.1) is 4.92 Å². The molecule has 0 radical (unpaired) electrons. The van der Waals surface area contributed by atoms with E-state index in [-0.39, 0.29) is 23.2 Å². The van der Waals surface area contributed by atoms with Gasteiger partial charge in [-0.1, -0.05) is 12.1 Å². The van der Waals surface area contributed by atoms with Gasteiger partial charge in [-0.05, 0) is 25.8 Å². The Kier molecular flexibility index (Phi) is 3.97. The van der Waals surface area contributed by atoms with Gasteiger partial charge >= 0.3 is 5.97 Å². The molecule has 1 aliphatic rings. The van der Waals surface area contributed by atoms with Gasteiger partial charge in [0.2, 0.25) is 0 Å². The van der Waals surface area contributed by atoms with E-state index in [2.05, 4.69) is 5.32 Å². The lowest BCUT2D eigenvalue weighted by atomic mass is 10.2. The van der Waals surface area contributed by atoms with Gasteiger partial charge in [0.25, 0.3) is 11.6 Å². The third-order valence-electron chi connectivity index (χ3n) is 2.90. The molecule has 7 heteroatoms. The van der Waals surface area contributed by atoms with Crippen molar-refractivity contribution in [1.29, 1.82) is 0 Å². The summed E-state index contributed by atoms with van der Waals surface area (Å²) in [5.41, 5.74) is -0.504. The Morgan fingerprint density at radius 3 is 2.65 bits per heavy atom. The number of para-hydroxylation sites is 1. The molecule has 7 nitrogen and oxygen atoms in total. The zero-order chi connectivity index (χ0) is 14.7. The molecule has 1 unspecified atom stereocenters. The number of nitrogens with zero attached hydrogens (tertiary/aromatic N) is 1. The van der Waals surface area contributed by atoms with Crippen molar-refractivity contribution in [2.75, 3.05) is 0 Å². The van der Waals surface area contributed by atoms with Crippen LogP contribution in [0.3, 0.4) is 0 Å². The minimum atomic E-state index is -0.983. The van der Waals surface area contributed by atoms with Crippen LogP contribution in [-0.2, 0) is 9.53 Å². The number of nitrogens with one attached hydrogen (secondary N) is 1. The molecule has 1 aromatic carbocycles. The highest BCUT2D eigenvalue weighted by atomic mass is 16.6. The monoisotopic (exact) mass is 278 g/mol. The van der Waals surface area contributed by atoms with Gasteiger partial charge in [-0.2, -0.15) is 0 Å². The molecule has 1 N–H and O–H groups in total. The van der Waals surface area contributed by atoms with Crippen LogP contribution in [0, 0.1) is 10.1 Å². The number of hydrogen-bond donors (Lipinski definition) is 1. The lowest BCUT2D eigenvalue weighted by Gasteiger charge is -2.13. The highest BCUT2D eigenvalue weighted by molar-refractivity contribution is 5.95. The van der Waals surface area contributed by atoms with Crippen molar-refractivity contribution in [3.05, 3.63) is 39.9 Å². The number of carbonyl (C=O) groups is 2. The second-order valence-electron chi connectivity index (χ2n) is 4.60. The van der Waals surface area contributed by atoms with E-state index in [1.807, 2.05) is 0 Å². The molecule has 1 amide bonds. The van der Waals surface area contributed by atoms with Gasteiger partial charge in [-0.3, -0.25) is 14.9 Å². The first-order valence-corrected chi connectivity index (χ1v) is 6.24. The molecule has 1 saturated carbocycles. The van der Waals surface area contributed by atoms with Crippen LogP contribution in [0.1, 0.15) is 30.1 Å². The molecule has 106 valence electrons. The first-order chi connectivity index (χ1) is 9.49. The maximum absolute atomic E-state index is 11.9. The van der Waals surface area contributed by atoms with Gasteiger partial charge in [0, 0.05) is 12.1 Å². The Bertz CT molecular complexity index is 553. The molecular formula is C13H14N2O5. The topological polar surface area (TPSA) is 98.5 Å². The lowest BCUT2D eigenvalue weighted by Crippen LogP contribution is -2.37. The Morgan fingerprint density at radius 2 is 2.05 bits per heavy atom. The number of ether oxygens (including phenoxy) is 1. The quantitative estimate of drug-likeness (QED) is 0.499. The van der Waals surface area contributed by atoms with Crippen LogP contribution in [0.2, 0.25) is 0 Å². The number of carbonyl (C=O) groups excluding carboxylic acids is 2. The van der Waals surface area contributed by atoms with Crippen LogP contribution in [0.15, 0.2) is 24.3 Å². The van der Waals surface area contributed by atoms with Crippen LogP contribution in [-0.4, -0.2) is 28.9 Å². The zero-order valence-electron chi connectivity index (χ0n) is 10.9. The average molecular weight is 278 g/mol. The predicted octanol–water partition coefficient (Wildman–Crippen LogP) is 1.42. The third kappa shape index (κ3) is 3.31. The molecule has 1 fully saturated rings. The Balaban J connectivity index is 2.03. The highest BCUT2D eigenvalue weighted by Gasteiger charge is 2.29. The molecule has 0 aromatic heterocycles. The van der Waals surface area contributed by atoms with Gasteiger partial charge < -0.3 is 10.1 Å². The Labute approximate surface area is 115 Å². The normalized spacial score (nSPS) is 15.2. The summed E-state index contributed by atoms with van der Waals surface area (Å²) in [7, 11) is 0.